The van der Waals surface area contributed by atoms with Crippen molar-refractivity contribution in [2.45, 2.75) is 89.5 Å². The second-order valence-electron chi connectivity index (χ2n) is 14.5. The van der Waals surface area contributed by atoms with Crippen molar-refractivity contribution in [3.8, 4) is 6.01 Å². The van der Waals surface area contributed by atoms with E-state index < -0.39 is 53.9 Å². The number of nitrogens with one attached hydrogen (secondary N) is 4. The van der Waals surface area contributed by atoms with Gasteiger partial charge in [-0.2, -0.15) is 28.1 Å². The van der Waals surface area contributed by atoms with Crippen molar-refractivity contribution in [2.75, 3.05) is 17.2 Å². The summed E-state index contributed by atoms with van der Waals surface area (Å²) in [4.78, 5) is 62.4. The van der Waals surface area contributed by atoms with Crippen molar-refractivity contribution < 1.29 is 42.2 Å². The molecule has 2 aromatic carbocycles. The van der Waals surface area contributed by atoms with E-state index >= 15 is 0 Å². The van der Waals surface area contributed by atoms with Gasteiger partial charge in [-0.1, -0.05) is 44.5 Å². The van der Waals surface area contributed by atoms with Gasteiger partial charge in [0.15, 0.2) is 6.61 Å². The normalized spacial score (nSPS) is 19.3. The van der Waals surface area contributed by atoms with Crippen molar-refractivity contribution in [1.29, 1.82) is 0 Å². The molecule has 13 nitrogen and oxygen atoms in total. The summed E-state index contributed by atoms with van der Waals surface area (Å²) in [5.74, 6) is -3.46. The van der Waals surface area contributed by atoms with E-state index in [1.54, 1.807) is 12.1 Å². The number of ether oxygens (including phenoxy) is 1. The zero-order valence-electron chi connectivity index (χ0n) is 29.3. The molecule has 0 saturated heterocycles. The van der Waals surface area contributed by atoms with E-state index in [9.17, 15) is 37.5 Å². The van der Waals surface area contributed by atoms with Gasteiger partial charge in [0.25, 0.3) is 11.8 Å². The third-order valence-electron chi connectivity index (χ3n) is 9.12. The summed E-state index contributed by atoms with van der Waals surface area (Å²) in [5.41, 5.74) is 0.764. The van der Waals surface area contributed by atoms with Crippen LogP contribution in [0.25, 0.3) is 0 Å². The largest absolute Gasteiger partial charge is 0.480 e. The minimum absolute atomic E-state index is 0.0238. The number of ketones is 1. The van der Waals surface area contributed by atoms with Crippen molar-refractivity contribution in [2.24, 2.45) is 11.3 Å². The number of carboxylic acids is 1. The Kier molecular flexibility index (Phi) is 11.8. The fourth-order valence-corrected chi connectivity index (χ4v) is 6.84. The van der Waals surface area contributed by atoms with Crippen LogP contribution in [0.15, 0.2) is 48.5 Å². The van der Waals surface area contributed by atoms with Gasteiger partial charge in [0.05, 0.1) is 5.54 Å². The number of benzene rings is 2. The van der Waals surface area contributed by atoms with E-state index in [1.807, 2.05) is 12.1 Å². The molecule has 5 N–H and O–H groups in total. The summed E-state index contributed by atoms with van der Waals surface area (Å²) in [6.07, 6.45) is -1.40. The van der Waals surface area contributed by atoms with E-state index in [-0.39, 0.29) is 41.8 Å². The first-order valence-electron chi connectivity index (χ1n) is 17.1. The third kappa shape index (κ3) is 11.2. The van der Waals surface area contributed by atoms with Crippen LogP contribution in [0.2, 0.25) is 5.02 Å². The van der Waals surface area contributed by atoms with Gasteiger partial charge in [0, 0.05) is 28.7 Å². The molecule has 284 valence electrons. The molecular formula is C36H41ClF3N7O6. The molecule has 17 heteroatoms. The molecule has 2 unspecified atom stereocenters. The van der Waals surface area contributed by atoms with Gasteiger partial charge in [0.2, 0.25) is 17.7 Å². The fourth-order valence-electron chi connectivity index (χ4n) is 6.72. The van der Waals surface area contributed by atoms with Crippen molar-refractivity contribution in [1.82, 2.24) is 25.6 Å². The van der Waals surface area contributed by atoms with Crippen LogP contribution in [0.4, 0.5) is 30.8 Å². The number of nitrogens with zero attached hydrogens (tertiary/aromatic N) is 3. The number of hydrogen-bond acceptors (Lipinski definition) is 10. The van der Waals surface area contributed by atoms with Gasteiger partial charge in [-0.25, -0.2) is 4.79 Å². The summed E-state index contributed by atoms with van der Waals surface area (Å²) < 4.78 is 43.6. The van der Waals surface area contributed by atoms with E-state index in [0.29, 0.717) is 29.5 Å². The minimum atomic E-state index is -4.64. The number of amides is 2. The monoisotopic (exact) mass is 759 g/mol. The zero-order valence-corrected chi connectivity index (χ0v) is 30.1. The maximum atomic E-state index is 13.0. The Balaban J connectivity index is 1.20. The quantitative estimate of drug-likeness (QED) is 0.112. The van der Waals surface area contributed by atoms with Gasteiger partial charge in [-0.05, 0) is 91.8 Å². The second-order valence-corrected chi connectivity index (χ2v) is 14.9. The molecule has 2 fully saturated rings. The van der Waals surface area contributed by atoms with Gasteiger partial charge in [-0.15, -0.1) is 0 Å². The van der Waals surface area contributed by atoms with Crippen LogP contribution < -0.4 is 26.0 Å². The Morgan fingerprint density at radius 2 is 1.64 bits per heavy atom. The van der Waals surface area contributed by atoms with Crippen molar-refractivity contribution in [3.05, 3.63) is 64.7 Å². The van der Waals surface area contributed by atoms with E-state index in [2.05, 4.69) is 57.0 Å². The molecular weight excluding hydrogens is 719 g/mol. The van der Waals surface area contributed by atoms with Gasteiger partial charge >= 0.3 is 18.2 Å². The number of aliphatic carboxylic acids is 1. The molecule has 1 heterocycles. The lowest BCUT2D eigenvalue weighted by atomic mass is 9.70. The summed E-state index contributed by atoms with van der Waals surface area (Å²) in [6.45, 7) is 4.69. The second kappa shape index (κ2) is 15.9. The average molecular weight is 760 g/mol. The molecule has 53 heavy (non-hydrogen) atoms. The number of halogens is 4. The van der Waals surface area contributed by atoms with E-state index in [4.69, 9.17) is 16.3 Å². The number of carbonyl (C=O) groups is 4. The predicted octanol–water partition coefficient (Wildman–Crippen LogP) is 6.17. The Morgan fingerprint density at radius 1 is 0.981 bits per heavy atom. The highest BCUT2D eigenvalue weighted by molar-refractivity contribution is 6.36. The lowest BCUT2D eigenvalue weighted by Crippen LogP contribution is -2.46. The zero-order chi connectivity index (χ0) is 38.6. The van der Waals surface area contributed by atoms with Crippen LogP contribution in [0.5, 0.6) is 6.01 Å². The molecule has 1 aromatic heterocycles. The summed E-state index contributed by atoms with van der Waals surface area (Å²) in [6, 6.07) is 10.6. The highest BCUT2D eigenvalue weighted by Crippen LogP contribution is 2.48. The number of hydrogen-bond donors (Lipinski definition) is 5. The molecule has 5 rings (SSSR count). The fraction of sp³-hybridized carbons (Fsp3) is 0.472. The molecule has 2 aliphatic rings. The average Bonchev–Trinajstić information content (AvgIpc) is 3.84. The van der Waals surface area contributed by atoms with E-state index in [0.717, 1.165) is 24.8 Å². The highest BCUT2D eigenvalue weighted by atomic mass is 35.5. The number of rotatable bonds is 15. The number of carbonyl (C=O) groups excluding carboxylic acids is 3. The molecule has 2 amide bonds. The van der Waals surface area contributed by atoms with Gasteiger partial charge in [-0.3, -0.25) is 14.4 Å². The summed E-state index contributed by atoms with van der Waals surface area (Å²) in [7, 11) is 0. The third-order valence-corrected chi connectivity index (χ3v) is 9.37. The van der Waals surface area contributed by atoms with Crippen molar-refractivity contribution in [3.63, 3.8) is 0 Å². The Hall–Kier alpha value is -4.99. The molecule has 2 aliphatic carbocycles. The van der Waals surface area contributed by atoms with Crippen LogP contribution in [-0.2, 0) is 19.9 Å². The Labute approximate surface area is 308 Å². The maximum Gasteiger partial charge on any atom is 0.422 e. The molecule has 3 aromatic rings. The molecule has 0 aliphatic heterocycles. The van der Waals surface area contributed by atoms with Crippen molar-refractivity contribution >= 4 is 52.8 Å². The first-order valence-corrected chi connectivity index (χ1v) is 17.5. The molecule has 3 atom stereocenters. The predicted molar refractivity (Wildman–Crippen MR) is 189 cm³/mol. The first kappa shape index (κ1) is 39.2. The Bertz CT molecular complexity index is 1820. The van der Waals surface area contributed by atoms with Crippen LogP contribution in [0.3, 0.4) is 0 Å². The molecule has 0 spiro atoms. The lowest BCUT2D eigenvalue weighted by molar-refractivity contribution is -0.154. The number of Topliss-reactive ketones (excluding diaryl/α,β-unsaturated/α-hetero) is 1. The highest BCUT2D eigenvalue weighted by Gasteiger charge is 2.45. The summed E-state index contributed by atoms with van der Waals surface area (Å²) >= 11 is 6.02. The SMILES string of the molecule is CC1CC(NC(=O)C(=O)CC[C@H](NC(=O)c2ccc(Nc3nc(NC4(c5ccc(Cl)cc5)CC4)nc(OCC(F)(F)F)n3)cc2)C(=O)O)CC(C)(C)C1. The van der Waals surface area contributed by atoms with Crippen LogP contribution in [-0.4, -0.2) is 68.5 Å². The number of carboxylic acid groups (broad SMARTS) is 1. The Morgan fingerprint density at radius 3 is 2.25 bits per heavy atom. The van der Waals surface area contributed by atoms with Crippen LogP contribution in [0, 0.1) is 11.3 Å². The van der Waals surface area contributed by atoms with Gasteiger partial charge in [0.1, 0.15) is 6.04 Å². The van der Waals surface area contributed by atoms with Crippen LogP contribution in [0.1, 0.15) is 81.6 Å². The maximum absolute atomic E-state index is 13.0. The standard InChI is InChI=1S/C36H41ClF3N7O6/c1-20-16-25(18-34(2,3)17-20)41-29(50)27(48)13-12-26(30(51)52)43-28(49)21-4-10-24(11-5-21)42-31-44-32(46-33(45-31)53-19-36(38,39)40)47-35(14-15-35)22-6-8-23(37)9-7-22/h4-11,20,25-26H,12-19H2,1-3H3,(H,41,50)(H,43,49)(H,51,52)(H2,42,44,45,46,47)/t20?,25?,26-/m0/s1. The van der Waals surface area contributed by atoms with Crippen LogP contribution >= 0.6 is 11.6 Å². The van der Waals surface area contributed by atoms with E-state index in [1.165, 1.54) is 24.3 Å². The molecule has 0 bridgehead atoms. The number of aromatic nitrogens is 3. The number of alkyl halides is 3. The number of anilines is 3. The molecule has 2 saturated carbocycles. The topological polar surface area (TPSA) is 185 Å². The minimum Gasteiger partial charge on any atom is -0.480 e. The lowest BCUT2D eigenvalue weighted by Gasteiger charge is -2.39. The first-order chi connectivity index (χ1) is 24.9. The smallest absolute Gasteiger partial charge is 0.422 e. The van der Waals surface area contributed by atoms with Gasteiger partial charge < -0.3 is 31.1 Å². The summed E-state index contributed by atoms with van der Waals surface area (Å²) in [5, 5.41) is 21.5. The molecule has 0 radical (unpaired) electrons.